The Balaban J connectivity index is 1.40. The predicted octanol–water partition coefficient (Wildman–Crippen LogP) is 0.877. The van der Waals surface area contributed by atoms with Crippen molar-refractivity contribution >= 4 is 29.4 Å². The van der Waals surface area contributed by atoms with E-state index in [9.17, 15) is 14.4 Å². The van der Waals surface area contributed by atoms with Crippen LogP contribution in [0, 0.1) is 0 Å². The first-order valence-corrected chi connectivity index (χ1v) is 9.72. The van der Waals surface area contributed by atoms with E-state index in [1.165, 1.54) is 11.8 Å². The average molecular weight is 378 g/mol. The maximum Gasteiger partial charge on any atom is 0.258 e. The minimum Gasteiger partial charge on any atom is -0.484 e. The van der Waals surface area contributed by atoms with E-state index >= 15 is 0 Å². The van der Waals surface area contributed by atoms with E-state index < -0.39 is 6.04 Å². The third-order valence-electron chi connectivity index (χ3n) is 4.24. The van der Waals surface area contributed by atoms with E-state index in [0.29, 0.717) is 12.4 Å². The van der Waals surface area contributed by atoms with Crippen LogP contribution in [0.4, 0.5) is 0 Å². The molecule has 0 aliphatic carbocycles. The molecule has 1 aromatic carbocycles. The lowest BCUT2D eigenvalue weighted by molar-refractivity contribution is -0.135. The molecule has 0 saturated carbocycles. The molecule has 2 aliphatic rings. The second-order valence-corrected chi connectivity index (χ2v) is 7.34. The number of amides is 2. The third kappa shape index (κ3) is 4.98. The molecule has 0 radical (unpaired) electrons. The summed E-state index contributed by atoms with van der Waals surface area (Å²) in [5.41, 5.74) is 0. The number of hydrogen-bond acceptors (Lipinski definition) is 6. The molecule has 8 heteroatoms. The fourth-order valence-corrected chi connectivity index (χ4v) is 3.89. The van der Waals surface area contributed by atoms with E-state index in [0.717, 1.165) is 19.3 Å². The van der Waals surface area contributed by atoms with Gasteiger partial charge in [-0.1, -0.05) is 18.2 Å². The molecule has 2 aliphatic heterocycles. The van der Waals surface area contributed by atoms with Gasteiger partial charge in [-0.05, 0) is 31.4 Å². The quantitative estimate of drug-likeness (QED) is 0.652. The highest BCUT2D eigenvalue weighted by molar-refractivity contribution is 8.00. The van der Waals surface area contributed by atoms with Gasteiger partial charge in [0.25, 0.3) is 5.91 Å². The Morgan fingerprint density at radius 1 is 1.27 bits per heavy atom. The highest BCUT2D eigenvalue weighted by atomic mass is 32.2. The number of ether oxygens (including phenoxy) is 2. The van der Waals surface area contributed by atoms with Crippen molar-refractivity contribution in [3.05, 3.63) is 30.3 Å². The van der Waals surface area contributed by atoms with E-state index in [4.69, 9.17) is 9.47 Å². The highest BCUT2D eigenvalue weighted by Crippen LogP contribution is 2.22. The van der Waals surface area contributed by atoms with Gasteiger partial charge < -0.3 is 20.1 Å². The molecule has 140 valence electrons. The van der Waals surface area contributed by atoms with Crippen LogP contribution in [0.15, 0.2) is 30.3 Å². The minimum atomic E-state index is -0.646. The van der Waals surface area contributed by atoms with Gasteiger partial charge in [-0.25, -0.2) is 0 Å². The van der Waals surface area contributed by atoms with Gasteiger partial charge in [-0.3, -0.25) is 14.4 Å². The van der Waals surface area contributed by atoms with Crippen LogP contribution in [0.3, 0.4) is 0 Å². The predicted molar refractivity (Wildman–Crippen MR) is 96.9 cm³/mol. The number of thioether (sulfide) groups is 1. The molecule has 1 aromatic rings. The lowest BCUT2D eigenvalue weighted by atomic mass is 10.1. The molecular weight excluding hydrogens is 356 g/mol. The van der Waals surface area contributed by atoms with Crippen LogP contribution in [-0.2, 0) is 19.1 Å². The van der Waals surface area contributed by atoms with E-state index in [1.807, 2.05) is 18.2 Å². The largest absolute Gasteiger partial charge is 0.484 e. The molecule has 26 heavy (non-hydrogen) atoms. The second kappa shape index (κ2) is 9.05. The van der Waals surface area contributed by atoms with Crippen LogP contribution in [0.1, 0.15) is 19.3 Å². The minimum absolute atomic E-state index is 0.0355. The number of β-lactam (4-membered cyclic amide) rings is 1. The molecule has 2 saturated heterocycles. The van der Waals surface area contributed by atoms with Gasteiger partial charge in [0.1, 0.15) is 23.3 Å². The van der Waals surface area contributed by atoms with Gasteiger partial charge >= 0.3 is 0 Å². The van der Waals surface area contributed by atoms with Crippen molar-refractivity contribution in [2.75, 3.05) is 19.0 Å². The van der Waals surface area contributed by atoms with Crippen LogP contribution < -0.4 is 15.4 Å². The van der Waals surface area contributed by atoms with Gasteiger partial charge in [-0.15, -0.1) is 11.8 Å². The standard InChI is InChI=1S/C18H22N2O5S/c21-13(14-8-4-5-9-24-14)11-26-18-16(17(23)20-18)19-15(22)10-25-12-6-2-1-3-7-12/h1-3,6-7,14,16,18H,4-5,8-11H2,(H,19,22)(H,20,23)/t14?,16-,18?/m1/s1. The number of benzene rings is 1. The number of para-hydroxylation sites is 1. The van der Waals surface area contributed by atoms with Gasteiger partial charge in [0.15, 0.2) is 12.4 Å². The van der Waals surface area contributed by atoms with E-state index in [-0.39, 0.29) is 41.4 Å². The summed E-state index contributed by atoms with van der Waals surface area (Å²) in [6, 6.07) is 8.33. The Labute approximate surface area is 156 Å². The highest BCUT2D eigenvalue weighted by Gasteiger charge is 2.41. The number of hydrogen-bond donors (Lipinski definition) is 2. The Morgan fingerprint density at radius 3 is 2.77 bits per heavy atom. The molecule has 2 unspecified atom stereocenters. The normalized spacial score (nSPS) is 24.9. The lowest BCUT2D eigenvalue weighted by Crippen LogP contribution is -2.68. The van der Waals surface area contributed by atoms with Crippen LogP contribution in [0.5, 0.6) is 5.75 Å². The van der Waals surface area contributed by atoms with Crippen molar-refractivity contribution in [3.8, 4) is 5.75 Å². The van der Waals surface area contributed by atoms with E-state index in [2.05, 4.69) is 10.6 Å². The third-order valence-corrected chi connectivity index (χ3v) is 5.44. The summed E-state index contributed by atoms with van der Waals surface area (Å²) in [5, 5.41) is 5.05. The molecule has 2 N–H and O–H groups in total. The number of Topliss-reactive ketones (excluding diaryl/α,β-unsaturated/α-hetero) is 1. The zero-order chi connectivity index (χ0) is 18.4. The number of ketones is 1. The molecule has 0 aromatic heterocycles. The summed E-state index contributed by atoms with van der Waals surface area (Å²) in [4.78, 5) is 35.8. The van der Waals surface area contributed by atoms with Crippen molar-refractivity contribution in [3.63, 3.8) is 0 Å². The maximum absolute atomic E-state index is 12.1. The van der Waals surface area contributed by atoms with Crippen molar-refractivity contribution in [2.45, 2.75) is 36.8 Å². The zero-order valence-electron chi connectivity index (χ0n) is 14.3. The van der Waals surface area contributed by atoms with Gasteiger partial charge in [-0.2, -0.15) is 0 Å². The van der Waals surface area contributed by atoms with Crippen LogP contribution in [0.25, 0.3) is 0 Å². The van der Waals surface area contributed by atoms with Crippen molar-refractivity contribution in [1.29, 1.82) is 0 Å². The molecule has 3 rings (SSSR count). The zero-order valence-corrected chi connectivity index (χ0v) is 15.1. The number of nitrogens with one attached hydrogen (secondary N) is 2. The van der Waals surface area contributed by atoms with Crippen LogP contribution in [-0.4, -0.2) is 54.1 Å². The first-order chi connectivity index (χ1) is 12.6. The molecular formula is C18H22N2O5S. The topological polar surface area (TPSA) is 93.7 Å². The van der Waals surface area contributed by atoms with Crippen molar-refractivity contribution in [1.82, 2.24) is 10.6 Å². The van der Waals surface area contributed by atoms with Crippen molar-refractivity contribution in [2.24, 2.45) is 0 Å². The molecule has 7 nitrogen and oxygen atoms in total. The summed E-state index contributed by atoms with van der Waals surface area (Å²) in [6.07, 6.45) is 2.42. The first kappa shape index (κ1) is 18.7. The molecule has 0 bridgehead atoms. The second-order valence-electron chi connectivity index (χ2n) is 6.21. The smallest absolute Gasteiger partial charge is 0.258 e. The fraction of sp³-hybridized carbons (Fsp3) is 0.500. The Kier molecular flexibility index (Phi) is 6.51. The summed E-state index contributed by atoms with van der Waals surface area (Å²) in [6.45, 7) is 0.460. The lowest BCUT2D eigenvalue weighted by Gasteiger charge is -2.36. The maximum atomic E-state index is 12.1. The average Bonchev–Trinajstić information content (AvgIpc) is 2.69. The number of rotatable bonds is 8. The fourth-order valence-electron chi connectivity index (χ4n) is 2.77. The molecule has 0 spiro atoms. The molecule has 2 heterocycles. The van der Waals surface area contributed by atoms with E-state index in [1.54, 1.807) is 12.1 Å². The SMILES string of the molecule is O=C(COc1ccccc1)N[C@@H]1C(=O)NC1SCC(=O)C1CCCCO1. The summed E-state index contributed by atoms with van der Waals surface area (Å²) >= 11 is 1.32. The molecule has 2 fully saturated rings. The van der Waals surface area contributed by atoms with Crippen LogP contribution in [0.2, 0.25) is 0 Å². The van der Waals surface area contributed by atoms with Gasteiger partial charge in [0.2, 0.25) is 5.91 Å². The Hall–Kier alpha value is -2.06. The summed E-state index contributed by atoms with van der Waals surface area (Å²) in [7, 11) is 0. The molecule has 3 atom stereocenters. The summed E-state index contributed by atoms with van der Waals surface area (Å²) in [5.74, 6) is 0.249. The van der Waals surface area contributed by atoms with Crippen LogP contribution >= 0.6 is 11.8 Å². The number of carbonyl (C=O) groups is 3. The molecule has 2 amide bonds. The van der Waals surface area contributed by atoms with Gasteiger partial charge in [0, 0.05) is 6.61 Å². The van der Waals surface area contributed by atoms with Gasteiger partial charge in [0.05, 0.1) is 5.75 Å². The Bertz CT molecular complexity index is 648. The first-order valence-electron chi connectivity index (χ1n) is 8.67. The summed E-state index contributed by atoms with van der Waals surface area (Å²) < 4.78 is 10.8. The monoisotopic (exact) mass is 378 g/mol. The van der Waals surface area contributed by atoms with Crippen molar-refractivity contribution < 1.29 is 23.9 Å². The number of carbonyl (C=O) groups excluding carboxylic acids is 3. The Morgan fingerprint density at radius 2 is 2.08 bits per heavy atom.